The predicted molar refractivity (Wildman–Crippen MR) is 69.1 cm³/mol. The number of nitro benzene ring substituents is 1. The summed E-state index contributed by atoms with van der Waals surface area (Å²) < 4.78 is 12.7. The zero-order valence-corrected chi connectivity index (χ0v) is 10.0. The van der Waals surface area contributed by atoms with Gasteiger partial charge in [0.1, 0.15) is 11.6 Å². The van der Waals surface area contributed by atoms with Crippen molar-refractivity contribution >= 4 is 17.3 Å². The van der Waals surface area contributed by atoms with Crippen molar-refractivity contribution in [3.8, 4) is 5.75 Å². The molecule has 0 saturated heterocycles. The molecule has 2 aromatic carbocycles. The van der Waals surface area contributed by atoms with Crippen LogP contribution in [-0.2, 0) is 0 Å². The number of carbonyl (C=O) groups excluding carboxylic acids is 1. The third-order valence-electron chi connectivity index (χ3n) is 2.54. The molecule has 0 aromatic heterocycles. The highest BCUT2D eigenvalue weighted by molar-refractivity contribution is 6.06. The summed E-state index contributed by atoms with van der Waals surface area (Å²) in [6.45, 7) is 0. The van der Waals surface area contributed by atoms with Crippen LogP contribution in [-0.4, -0.2) is 15.9 Å². The Labute approximate surface area is 112 Å². The van der Waals surface area contributed by atoms with Crippen molar-refractivity contribution in [1.29, 1.82) is 0 Å². The first-order valence-corrected chi connectivity index (χ1v) is 5.51. The Kier molecular flexibility index (Phi) is 3.60. The molecule has 6 nitrogen and oxygen atoms in total. The zero-order chi connectivity index (χ0) is 14.7. The Hall–Kier alpha value is -2.96. The highest BCUT2D eigenvalue weighted by Crippen LogP contribution is 2.24. The van der Waals surface area contributed by atoms with Crippen molar-refractivity contribution in [3.05, 3.63) is 64.0 Å². The second-order valence-electron chi connectivity index (χ2n) is 3.92. The minimum Gasteiger partial charge on any atom is -0.507 e. The number of carbonyl (C=O) groups is 1. The Morgan fingerprint density at radius 1 is 1.20 bits per heavy atom. The van der Waals surface area contributed by atoms with E-state index in [4.69, 9.17) is 0 Å². The lowest BCUT2D eigenvalue weighted by Crippen LogP contribution is -2.12. The molecule has 102 valence electrons. The second kappa shape index (κ2) is 5.35. The number of halogens is 1. The van der Waals surface area contributed by atoms with E-state index in [1.54, 1.807) is 0 Å². The molecule has 2 aromatic rings. The van der Waals surface area contributed by atoms with Crippen LogP contribution in [0.2, 0.25) is 0 Å². The average Bonchev–Trinajstić information content (AvgIpc) is 2.41. The smallest absolute Gasteiger partial charge is 0.270 e. The number of amides is 1. The summed E-state index contributed by atoms with van der Waals surface area (Å²) in [6, 6.07) is 8.10. The minimum atomic E-state index is -0.724. The molecule has 20 heavy (non-hydrogen) atoms. The maximum absolute atomic E-state index is 12.7. The fourth-order valence-electron chi connectivity index (χ4n) is 1.55. The Bertz CT molecular complexity index is 671. The van der Waals surface area contributed by atoms with E-state index in [0.29, 0.717) is 5.69 Å². The van der Waals surface area contributed by atoms with E-state index in [1.165, 1.54) is 12.1 Å². The maximum atomic E-state index is 12.7. The van der Waals surface area contributed by atoms with Crippen LogP contribution in [0.4, 0.5) is 15.8 Å². The van der Waals surface area contributed by atoms with Gasteiger partial charge in [0.25, 0.3) is 11.6 Å². The van der Waals surface area contributed by atoms with Crippen molar-refractivity contribution in [2.45, 2.75) is 0 Å². The first kappa shape index (κ1) is 13.5. The first-order valence-electron chi connectivity index (χ1n) is 5.51. The van der Waals surface area contributed by atoms with Gasteiger partial charge in [-0.1, -0.05) is 0 Å². The number of rotatable bonds is 3. The summed E-state index contributed by atoms with van der Waals surface area (Å²) in [5.74, 6) is -1.56. The Morgan fingerprint density at radius 3 is 2.45 bits per heavy atom. The number of benzene rings is 2. The number of hydrogen-bond acceptors (Lipinski definition) is 4. The first-order chi connectivity index (χ1) is 9.47. The lowest BCUT2D eigenvalue weighted by molar-refractivity contribution is -0.384. The molecule has 0 heterocycles. The van der Waals surface area contributed by atoms with Gasteiger partial charge in [-0.15, -0.1) is 0 Å². The van der Waals surface area contributed by atoms with Gasteiger partial charge in [-0.05, 0) is 30.3 Å². The van der Waals surface area contributed by atoms with E-state index in [-0.39, 0.29) is 17.0 Å². The summed E-state index contributed by atoms with van der Waals surface area (Å²) in [7, 11) is 0. The minimum absolute atomic E-state index is 0.233. The fourth-order valence-corrected chi connectivity index (χ4v) is 1.55. The molecule has 2 N–H and O–H groups in total. The quantitative estimate of drug-likeness (QED) is 0.665. The molecule has 0 saturated carbocycles. The number of nitrogens with zero attached hydrogens (tertiary/aromatic N) is 1. The monoisotopic (exact) mass is 276 g/mol. The van der Waals surface area contributed by atoms with E-state index in [1.807, 2.05) is 0 Å². The highest BCUT2D eigenvalue weighted by atomic mass is 19.1. The van der Waals surface area contributed by atoms with Crippen molar-refractivity contribution in [2.75, 3.05) is 5.32 Å². The number of phenolic OH excluding ortho intramolecular Hbond substituents is 1. The van der Waals surface area contributed by atoms with Gasteiger partial charge in [0, 0.05) is 17.8 Å². The van der Waals surface area contributed by atoms with Gasteiger partial charge < -0.3 is 10.4 Å². The molecule has 1 amide bonds. The Morgan fingerprint density at radius 2 is 1.85 bits per heavy atom. The molecule has 0 radical (unpaired) electrons. The summed E-state index contributed by atoms with van der Waals surface area (Å²) in [5, 5.41) is 22.6. The van der Waals surface area contributed by atoms with Crippen LogP contribution in [0, 0.1) is 15.9 Å². The van der Waals surface area contributed by atoms with E-state index < -0.39 is 16.6 Å². The summed E-state index contributed by atoms with van der Waals surface area (Å²) in [4.78, 5) is 21.9. The summed E-state index contributed by atoms with van der Waals surface area (Å²) >= 11 is 0. The van der Waals surface area contributed by atoms with Crippen LogP contribution < -0.4 is 5.32 Å². The molecular weight excluding hydrogens is 267 g/mol. The van der Waals surface area contributed by atoms with Crippen LogP contribution in [0.3, 0.4) is 0 Å². The van der Waals surface area contributed by atoms with E-state index in [2.05, 4.69) is 5.32 Å². The van der Waals surface area contributed by atoms with Gasteiger partial charge >= 0.3 is 0 Å². The van der Waals surface area contributed by atoms with Crippen molar-refractivity contribution in [2.24, 2.45) is 0 Å². The van der Waals surface area contributed by atoms with E-state index >= 15 is 0 Å². The molecule has 0 unspecified atom stereocenters. The fraction of sp³-hybridized carbons (Fsp3) is 0. The molecule has 0 aliphatic heterocycles. The third kappa shape index (κ3) is 2.89. The molecule has 0 aliphatic carbocycles. The van der Waals surface area contributed by atoms with Gasteiger partial charge in [-0.25, -0.2) is 4.39 Å². The van der Waals surface area contributed by atoms with Gasteiger partial charge in [0.2, 0.25) is 0 Å². The molecular formula is C13H9FN2O4. The van der Waals surface area contributed by atoms with E-state index in [9.17, 15) is 24.4 Å². The third-order valence-corrected chi connectivity index (χ3v) is 2.54. The van der Waals surface area contributed by atoms with Gasteiger partial charge in [0.05, 0.1) is 10.5 Å². The largest absolute Gasteiger partial charge is 0.507 e. The number of aromatic hydroxyl groups is 1. The highest BCUT2D eigenvalue weighted by Gasteiger charge is 2.16. The lowest BCUT2D eigenvalue weighted by Gasteiger charge is -2.06. The van der Waals surface area contributed by atoms with Gasteiger partial charge in [0.15, 0.2) is 0 Å². The topological polar surface area (TPSA) is 92.5 Å². The van der Waals surface area contributed by atoms with E-state index in [0.717, 1.165) is 30.3 Å². The number of non-ortho nitro benzene ring substituents is 1. The molecule has 0 aliphatic rings. The summed E-state index contributed by atoms with van der Waals surface area (Å²) in [6.07, 6.45) is 0. The molecule has 0 spiro atoms. The van der Waals surface area contributed by atoms with Crippen LogP contribution in [0.1, 0.15) is 10.4 Å². The molecule has 0 atom stereocenters. The van der Waals surface area contributed by atoms with Gasteiger partial charge in [-0.2, -0.15) is 0 Å². The number of anilines is 1. The number of nitro groups is 1. The van der Waals surface area contributed by atoms with Crippen LogP contribution in [0.15, 0.2) is 42.5 Å². The van der Waals surface area contributed by atoms with Gasteiger partial charge in [-0.3, -0.25) is 14.9 Å². The predicted octanol–water partition coefficient (Wildman–Crippen LogP) is 2.69. The van der Waals surface area contributed by atoms with Crippen molar-refractivity contribution in [3.63, 3.8) is 0 Å². The lowest BCUT2D eigenvalue weighted by atomic mass is 10.1. The standard InChI is InChI=1S/C13H9FN2O4/c14-8-1-3-9(4-2-8)15-13(18)11-7-10(16(19)20)5-6-12(11)17/h1-7,17H,(H,15,18). The zero-order valence-electron chi connectivity index (χ0n) is 10.0. The molecule has 2 rings (SSSR count). The molecule has 0 fully saturated rings. The van der Waals surface area contributed by atoms with Crippen LogP contribution in [0.25, 0.3) is 0 Å². The van der Waals surface area contributed by atoms with Crippen LogP contribution >= 0.6 is 0 Å². The summed E-state index contributed by atoms with van der Waals surface area (Å²) in [5.41, 5.74) is -0.238. The molecule has 0 bridgehead atoms. The molecule has 7 heteroatoms. The Balaban J connectivity index is 2.26. The van der Waals surface area contributed by atoms with Crippen molar-refractivity contribution < 1.29 is 19.2 Å². The average molecular weight is 276 g/mol. The normalized spacial score (nSPS) is 10.1. The maximum Gasteiger partial charge on any atom is 0.270 e. The second-order valence-corrected chi connectivity index (χ2v) is 3.92. The van der Waals surface area contributed by atoms with Crippen molar-refractivity contribution in [1.82, 2.24) is 0 Å². The number of nitrogens with one attached hydrogen (secondary N) is 1. The number of phenols is 1. The van der Waals surface area contributed by atoms with Crippen LogP contribution in [0.5, 0.6) is 5.75 Å². The number of hydrogen-bond donors (Lipinski definition) is 2. The SMILES string of the molecule is O=C(Nc1ccc(F)cc1)c1cc([N+](=O)[O-])ccc1O.